The highest BCUT2D eigenvalue weighted by molar-refractivity contribution is 7.89. The molecule has 0 aliphatic carbocycles. The summed E-state index contributed by atoms with van der Waals surface area (Å²) in [5.74, 6) is 0.507. The maximum Gasteiger partial charge on any atom is 0.240 e. The van der Waals surface area contributed by atoms with Gasteiger partial charge in [-0.25, -0.2) is 13.1 Å². The van der Waals surface area contributed by atoms with Crippen LogP contribution in [0.15, 0.2) is 29.2 Å². The number of benzene rings is 1. The Morgan fingerprint density at radius 3 is 2.44 bits per heavy atom. The Morgan fingerprint density at radius 1 is 1.28 bits per heavy atom. The molecule has 3 N–H and O–H groups in total. The van der Waals surface area contributed by atoms with Gasteiger partial charge in [0.05, 0.1) is 4.90 Å². The maximum absolute atomic E-state index is 11.9. The Bertz CT molecular complexity index is 484. The van der Waals surface area contributed by atoms with E-state index in [1.54, 1.807) is 12.1 Å². The number of hydrogen-bond acceptors (Lipinski definition) is 3. The molecule has 0 heterocycles. The van der Waals surface area contributed by atoms with Crippen LogP contribution in [-0.2, 0) is 16.4 Å². The van der Waals surface area contributed by atoms with E-state index >= 15 is 0 Å². The first kappa shape index (κ1) is 15.1. The molecule has 0 amide bonds. The molecule has 0 saturated heterocycles. The van der Waals surface area contributed by atoms with E-state index in [1.165, 1.54) is 7.05 Å². The third kappa shape index (κ3) is 4.08. The quantitative estimate of drug-likeness (QED) is 0.823. The topological polar surface area (TPSA) is 72.2 Å². The second kappa shape index (κ2) is 6.31. The number of rotatable bonds is 6. The molecule has 0 radical (unpaired) electrons. The van der Waals surface area contributed by atoms with Crippen molar-refractivity contribution in [2.24, 2.45) is 11.7 Å². The highest BCUT2D eigenvalue weighted by Crippen LogP contribution is 2.18. The zero-order valence-electron chi connectivity index (χ0n) is 11.2. The Balaban J connectivity index is 2.97. The molecule has 18 heavy (non-hydrogen) atoms. The van der Waals surface area contributed by atoms with Crippen LogP contribution in [0.2, 0.25) is 0 Å². The second-order valence-corrected chi connectivity index (χ2v) is 6.76. The molecule has 0 aliphatic heterocycles. The Hall–Kier alpha value is -0.910. The van der Waals surface area contributed by atoms with Crippen molar-refractivity contribution < 1.29 is 8.42 Å². The fraction of sp³-hybridized carbons (Fsp3) is 0.538. The van der Waals surface area contributed by atoms with Gasteiger partial charge in [0.2, 0.25) is 10.0 Å². The van der Waals surface area contributed by atoms with Crippen molar-refractivity contribution in [3.8, 4) is 0 Å². The lowest BCUT2D eigenvalue weighted by atomic mass is 9.98. The van der Waals surface area contributed by atoms with Crippen molar-refractivity contribution in [1.29, 1.82) is 0 Å². The Morgan fingerprint density at radius 2 is 1.89 bits per heavy atom. The molecule has 1 aromatic carbocycles. The van der Waals surface area contributed by atoms with Gasteiger partial charge in [-0.2, -0.15) is 0 Å². The van der Waals surface area contributed by atoms with Gasteiger partial charge < -0.3 is 5.73 Å². The smallest absolute Gasteiger partial charge is 0.240 e. The summed E-state index contributed by atoms with van der Waals surface area (Å²) in [6.45, 7) is 4.21. The molecule has 5 heteroatoms. The normalized spacial score (nSPS) is 13.8. The lowest BCUT2D eigenvalue weighted by molar-refractivity contribution is 0.491. The fourth-order valence-electron chi connectivity index (χ4n) is 2.02. The number of nitrogens with two attached hydrogens (primary N) is 1. The maximum atomic E-state index is 11.9. The van der Waals surface area contributed by atoms with Gasteiger partial charge in [-0.05, 0) is 37.4 Å². The third-order valence-corrected chi connectivity index (χ3v) is 4.30. The van der Waals surface area contributed by atoms with Crippen molar-refractivity contribution in [2.45, 2.75) is 37.6 Å². The highest BCUT2D eigenvalue weighted by Gasteiger charge is 2.17. The molecule has 102 valence electrons. The number of hydrogen-bond donors (Lipinski definition) is 2. The summed E-state index contributed by atoms with van der Waals surface area (Å²) in [4.78, 5) is 0.326. The van der Waals surface area contributed by atoms with Gasteiger partial charge in [0.25, 0.3) is 0 Å². The Kier molecular flexibility index (Phi) is 5.31. The monoisotopic (exact) mass is 270 g/mol. The van der Waals surface area contributed by atoms with Crippen LogP contribution in [0.25, 0.3) is 0 Å². The van der Waals surface area contributed by atoms with Gasteiger partial charge in [-0.1, -0.05) is 32.0 Å². The molecule has 1 aromatic rings. The lowest BCUT2D eigenvalue weighted by Gasteiger charge is -2.16. The van der Waals surface area contributed by atoms with E-state index in [2.05, 4.69) is 18.6 Å². The van der Waals surface area contributed by atoms with Crippen LogP contribution in [0.4, 0.5) is 0 Å². The van der Waals surface area contributed by atoms with Crippen molar-refractivity contribution in [3.63, 3.8) is 0 Å². The standard InChI is InChI=1S/C13H22N2O2S/c1-10(2)8-12(14)9-11-6-4-5-7-13(11)18(16,17)15-3/h4-7,10,12,15H,8-9,14H2,1-3H3. The van der Waals surface area contributed by atoms with E-state index in [4.69, 9.17) is 5.73 Å². The molecule has 4 nitrogen and oxygen atoms in total. The summed E-state index contributed by atoms with van der Waals surface area (Å²) in [6, 6.07) is 6.99. The molecule has 1 atom stereocenters. The minimum atomic E-state index is -3.41. The molecule has 1 rings (SSSR count). The predicted molar refractivity (Wildman–Crippen MR) is 73.8 cm³/mol. The molecule has 0 aliphatic rings. The second-order valence-electron chi connectivity index (χ2n) is 4.91. The van der Waals surface area contributed by atoms with Crippen molar-refractivity contribution in [1.82, 2.24) is 4.72 Å². The van der Waals surface area contributed by atoms with Crippen LogP contribution < -0.4 is 10.5 Å². The van der Waals surface area contributed by atoms with Gasteiger partial charge in [0.1, 0.15) is 0 Å². The van der Waals surface area contributed by atoms with E-state index in [0.717, 1.165) is 12.0 Å². The average Bonchev–Trinajstić information content (AvgIpc) is 2.28. The van der Waals surface area contributed by atoms with Crippen molar-refractivity contribution in [3.05, 3.63) is 29.8 Å². The number of sulfonamides is 1. The largest absolute Gasteiger partial charge is 0.327 e. The zero-order chi connectivity index (χ0) is 13.8. The molecule has 0 spiro atoms. The van der Waals surface area contributed by atoms with Gasteiger partial charge in [-0.3, -0.25) is 0 Å². The summed E-state index contributed by atoms with van der Waals surface area (Å²) in [7, 11) is -1.99. The molecule has 0 fully saturated rings. The third-order valence-electron chi connectivity index (χ3n) is 2.79. The first-order valence-electron chi connectivity index (χ1n) is 6.14. The van der Waals surface area contributed by atoms with Gasteiger partial charge >= 0.3 is 0 Å². The first-order chi connectivity index (χ1) is 8.36. The van der Waals surface area contributed by atoms with Crippen molar-refractivity contribution >= 4 is 10.0 Å². The van der Waals surface area contributed by atoms with Crippen molar-refractivity contribution in [2.75, 3.05) is 7.05 Å². The molecule has 1 unspecified atom stereocenters. The SMILES string of the molecule is CNS(=O)(=O)c1ccccc1CC(N)CC(C)C. The van der Waals surface area contributed by atoms with Gasteiger partial charge in [-0.15, -0.1) is 0 Å². The highest BCUT2D eigenvalue weighted by atomic mass is 32.2. The first-order valence-corrected chi connectivity index (χ1v) is 7.62. The van der Waals surface area contributed by atoms with Crippen LogP contribution in [0.1, 0.15) is 25.8 Å². The van der Waals surface area contributed by atoms with E-state index in [-0.39, 0.29) is 6.04 Å². The average molecular weight is 270 g/mol. The molecule has 0 saturated carbocycles. The lowest BCUT2D eigenvalue weighted by Crippen LogP contribution is -2.27. The molecular weight excluding hydrogens is 248 g/mol. The molecular formula is C13H22N2O2S. The van der Waals surface area contributed by atoms with E-state index in [9.17, 15) is 8.42 Å². The van der Waals surface area contributed by atoms with Gasteiger partial charge in [0.15, 0.2) is 0 Å². The molecule has 0 bridgehead atoms. The summed E-state index contributed by atoms with van der Waals surface area (Å²) >= 11 is 0. The summed E-state index contributed by atoms with van der Waals surface area (Å²) in [5.41, 5.74) is 6.82. The molecule has 0 aromatic heterocycles. The zero-order valence-corrected chi connectivity index (χ0v) is 12.0. The van der Waals surface area contributed by atoms with Crippen LogP contribution in [-0.4, -0.2) is 21.5 Å². The van der Waals surface area contributed by atoms with Crippen LogP contribution in [0, 0.1) is 5.92 Å². The van der Waals surface area contributed by atoms with E-state index in [0.29, 0.717) is 17.2 Å². The summed E-state index contributed by atoms with van der Waals surface area (Å²) in [5, 5.41) is 0. The van der Waals surface area contributed by atoms with Gasteiger partial charge in [0, 0.05) is 6.04 Å². The van der Waals surface area contributed by atoms with E-state index in [1.807, 2.05) is 12.1 Å². The summed E-state index contributed by atoms with van der Waals surface area (Å²) < 4.78 is 26.1. The number of nitrogens with one attached hydrogen (secondary N) is 1. The Labute approximate surface area is 110 Å². The minimum Gasteiger partial charge on any atom is -0.327 e. The van der Waals surface area contributed by atoms with E-state index < -0.39 is 10.0 Å². The predicted octanol–water partition coefficient (Wildman–Crippen LogP) is 1.51. The minimum absolute atomic E-state index is 0.0155. The summed E-state index contributed by atoms with van der Waals surface area (Å²) in [6.07, 6.45) is 1.46. The van der Waals surface area contributed by atoms with Crippen LogP contribution >= 0.6 is 0 Å². The van der Waals surface area contributed by atoms with Crippen LogP contribution in [0.3, 0.4) is 0 Å². The van der Waals surface area contributed by atoms with Crippen LogP contribution in [0.5, 0.6) is 0 Å². The fourth-order valence-corrected chi connectivity index (χ4v) is 2.99.